The Balaban J connectivity index is 1.65. The molecule has 3 N–H and O–H groups in total. The van der Waals surface area contributed by atoms with Gasteiger partial charge < -0.3 is 25.4 Å². The maximum atomic E-state index is 14.6. The zero-order chi connectivity index (χ0) is 19.4. The number of amides is 2. The average Bonchev–Trinajstić information content (AvgIpc) is 2.66. The van der Waals surface area contributed by atoms with E-state index >= 15 is 0 Å². The molecule has 0 unspecified atom stereocenters. The lowest BCUT2D eigenvalue weighted by atomic mass is 9.86. The molecule has 2 amide bonds. The number of ether oxygens (including phenoxy) is 1. The van der Waals surface area contributed by atoms with Gasteiger partial charge in [-0.2, -0.15) is 0 Å². The Bertz CT molecular complexity index is 704. The van der Waals surface area contributed by atoms with Gasteiger partial charge in [0, 0.05) is 19.1 Å². The fraction of sp³-hybridized carbons (Fsp3) is 0.556. The monoisotopic (exact) mass is 399 g/mol. The Morgan fingerprint density at radius 3 is 2.48 bits per heavy atom. The topological polar surface area (TPSA) is 90.9 Å². The largest absolute Gasteiger partial charge is 0.481 e. The number of halogens is 2. The van der Waals surface area contributed by atoms with Gasteiger partial charge in [-0.25, -0.2) is 9.18 Å². The normalized spacial score (nSPS) is 23.0. The Labute approximate surface area is 161 Å². The predicted octanol–water partition coefficient (Wildman–Crippen LogP) is 3.08. The van der Waals surface area contributed by atoms with E-state index in [0.29, 0.717) is 57.7 Å². The van der Waals surface area contributed by atoms with Crippen molar-refractivity contribution in [2.45, 2.75) is 31.7 Å². The number of benzene rings is 1. The zero-order valence-electron chi connectivity index (χ0n) is 14.8. The Morgan fingerprint density at radius 2 is 1.85 bits per heavy atom. The second-order valence-electron chi connectivity index (χ2n) is 6.84. The molecule has 3 rings (SSSR count). The number of carbonyl (C=O) groups excluding carboxylic acids is 1. The summed E-state index contributed by atoms with van der Waals surface area (Å²) in [6, 6.07) is 2.46. The molecule has 27 heavy (non-hydrogen) atoms. The van der Waals surface area contributed by atoms with Crippen molar-refractivity contribution in [3.05, 3.63) is 23.0 Å². The second kappa shape index (κ2) is 8.75. The highest BCUT2D eigenvalue weighted by Crippen LogP contribution is 2.34. The van der Waals surface area contributed by atoms with E-state index in [1.165, 1.54) is 6.07 Å². The molecule has 9 heteroatoms. The summed E-state index contributed by atoms with van der Waals surface area (Å²) in [5.74, 6) is -1.70. The highest BCUT2D eigenvalue weighted by atomic mass is 35.5. The lowest BCUT2D eigenvalue weighted by molar-refractivity contribution is -0.142. The van der Waals surface area contributed by atoms with Crippen molar-refractivity contribution < 1.29 is 23.8 Å². The third kappa shape index (κ3) is 4.81. The Hall–Kier alpha value is -2.06. The average molecular weight is 400 g/mol. The van der Waals surface area contributed by atoms with Gasteiger partial charge in [0.05, 0.1) is 35.5 Å². The summed E-state index contributed by atoms with van der Waals surface area (Å²) < 4.78 is 19.9. The maximum absolute atomic E-state index is 14.6. The number of nitrogens with zero attached hydrogens (tertiary/aromatic N) is 1. The van der Waals surface area contributed by atoms with Crippen LogP contribution in [0, 0.1) is 11.7 Å². The molecule has 0 bridgehead atoms. The van der Waals surface area contributed by atoms with E-state index in [2.05, 4.69) is 10.6 Å². The minimum Gasteiger partial charge on any atom is -0.481 e. The van der Waals surface area contributed by atoms with Crippen LogP contribution in [-0.4, -0.2) is 49.5 Å². The highest BCUT2D eigenvalue weighted by Gasteiger charge is 2.27. The summed E-state index contributed by atoms with van der Waals surface area (Å²) in [5, 5.41) is 14.6. The van der Waals surface area contributed by atoms with Crippen LogP contribution in [0.25, 0.3) is 0 Å². The van der Waals surface area contributed by atoms with Gasteiger partial charge in [0.1, 0.15) is 0 Å². The fourth-order valence-corrected chi connectivity index (χ4v) is 3.72. The van der Waals surface area contributed by atoms with Crippen LogP contribution >= 0.6 is 11.6 Å². The molecule has 1 heterocycles. The number of hydrogen-bond donors (Lipinski definition) is 3. The number of urea groups is 1. The van der Waals surface area contributed by atoms with Crippen LogP contribution in [0.2, 0.25) is 5.02 Å². The van der Waals surface area contributed by atoms with E-state index in [0.717, 1.165) is 0 Å². The first-order valence-corrected chi connectivity index (χ1v) is 9.44. The highest BCUT2D eigenvalue weighted by molar-refractivity contribution is 6.31. The number of morpholine rings is 1. The number of carboxylic acids is 1. The standard InChI is InChI=1S/C18H23ClFN3O4/c19-13-5-6-14(16(15(13)20)23-7-9-27-10-8-23)22-18(26)21-12-3-1-11(2-4-12)17(24)25/h5-6,11-12H,1-4,7-10H2,(H,24,25)(H2,21,22,26). The van der Waals surface area contributed by atoms with Gasteiger partial charge >= 0.3 is 12.0 Å². The number of carbonyl (C=O) groups is 2. The van der Waals surface area contributed by atoms with Crippen LogP contribution in [0.4, 0.5) is 20.6 Å². The molecule has 1 aliphatic heterocycles. The molecule has 1 aromatic rings. The van der Waals surface area contributed by atoms with Crippen molar-refractivity contribution in [1.82, 2.24) is 5.32 Å². The number of anilines is 2. The van der Waals surface area contributed by atoms with E-state index in [9.17, 15) is 14.0 Å². The van der Waals surface area contributed by atoms with Crippen LogP contribution in [0.5, 0.6) is 0 Å². The molecule has 1 aliphatic carbocycles. The summed E-state index contributed by atoms with van der Waals surface area (Å²) in [7, 11) is 0. The summed E-state index contributed by atoms with van der Waals surface area (Å²) in [6.07, 6.45) is 2.29. The third-order valence-electron chi connectivity index (χ3n) is 5.06. The van der Waals surface area contributed by atoms with E-state index in [4.69, 9.17) is 21.4 Å². The molecule has 2 aliphatic rings. The van der Waals surface area contributed by atoms with Crippen LogP contribution in [0.15, 0.2) is 12.1 Å². The van der Waals surface area contributed by atoms with Crippen molar-refractivity contribution >= 4 is 35.0 Å². The summed E-state index contributed by atoms with van der Waals surface area (Å²) in [4.78, 5) is 25.2. The number of aliphatic carboxylic acids is 1. The Kier molecular flexibility index (Phi) is 6.38. The first-order valence-electron chi connectivity index (χ1n) is 9.06. The summed E-state index contributed by atoms with van der Waals surface area (Å²) in [5.41, 5.74) is 0.603. The molecule has 7 nitrogen and oxygen atoms in total. The van der Waals surface area contributed by atoms with Crippen molar-refractivity contribution in [3.8, 4) is 0 Å². The molecule has 0 aromatic heterocycles. The molecule has 0 radical (unpaired) electrons. The number of nitrogens with one attached hydrogen (secondary N) is 2. The zero-order valence-corrected chi connectivity index (χ0v) is 15.6. The molecular formula is C18H23ClFN3O4. The molecule has 148 valence electrons. The first kappa shape index (κ1) is 19.7. The van der Waals surface area contributed by atoms with Gasteiger partial charge in [-0.05, 0) is 37.8 Å². The summed E-state index contributed by atoms with van der Waals surface area (Å²) >= 11 is 5.93. The minimum atomic E-state index is -0.787. The van der Waals surface area contributed by atoms with E-state index in [1.54, 1.807) is 11.0 Å². The molecule has 0 atom stereocenters. The molecule has 0 spiro atoms. The quantitative estimate of drug-likeness (QED) is 0.723. The minimum absolute atomic E-state index is 0.00515. The fourth-order valence-electron chi connectivity index (χ4n) is 3.57. The van der Waals surface area contributed by atoms with Crippen molar-refractivity contribution in [3.63, 3.8) is 0 Å². The van der Waals surface area contributed by atoms with E-state index in [1.807, 2.05) is 0 Å². The van der Waals surface area contributed by atoms with Crippen molar-refractivity contribution in [2.24, 2.45) is 5.92 Å². The smallest absolute Gasteiger partial charge is 0.319 e. The lowest BCUT2D eigenvalue weighted by Gasteiger charge is -2.31. The van der Waals surface area contributed by atoms with Gasteiger partial charge in [-0.15, -0.1) is 0 Å². The summed E-state index contributed by atoms with van der Waals surface area (Å²) in [6.45, 7) is 1.97. The van der Waals surface area contributed by atoms with Gasteiger partial charge in [-0.1, -0.05) is 11.6 Å². The van der Waals surface area contributed by atoms with E-state index < -0.39 is 17.8 Å². The van der Waals surface area contributed by atoms with Crippen LogP contribution in [-0.2, 0) is 9.53 Å². The Morgan fingerprint density at radius 1 is 1.19 bits per heavy atom. The SMILES string of the molecule is O=C(Nc1ccc(Cl)c(F)c1N1CCOCC1)NC1CCC(C(=O)O)CC1. The molecule has 2 fully saturated rings. The van der Waals surface area contributed by atoms with Crippen LogP contribution in [0.1, 0.15) is 25.7 Å². The maximum Gasteiger partial charge on any atom is 0.319 e. The second-order valence-corrected chi connectivity index (χ2v) is 7.25. The van der Waals surface area contributed by atoms with Crippen LogP contribution < -0.4 is 15.5 Å². The molecule has 1 saturated heterocycles. The van der Waals surface area contributed by atoms with Gasteiger partial charge in [-0.3, -0.25) is 4.79 Å². The third-order valence-corrected chi connectivity index (χ3v) is 5.35. The molecular weight excluding hydrogens is 377 g/mol. The lowest BCUT2D eigenvalue weighted by Crippen LogP contribution is -2.42. The van der Waals surface area contributed by atoms with Gasteiger partial charge in [0.15, 0.2) is 5.82 Å². The molecule has 1 saturated carbocycles. The van der Waals surface area contributed by atoms with Gasteiger partial charge in [0.25, 0.3) is 0 Å². The number of hydrogen-bond acceptors (Lipinski definition) is 4. The van der Waals surface area contributed by atoms with Gasteiger partial charge in [0.2, 0.25) is 0 Å². The van der Waals surface area contributed by atoms with Crippen LogP contribution in [0.3, 0.4) is 0 Å². The number of rotatable bonds is 4. The predicted molar refractivity (Wildman–Crippen MR) is 100.0 cm³/mol. The van der Waals surface area contributed by atoms with E-state index in [-0.39, 0.29) is 22.7 Å². The van der Waals surface area contributed by atoms with Crippen molar-refractivity contribution in [2.75, 3.05) is 36.5 Å². The number of carboxylic acid groups (broad SMARTS) is 1. The van der Waals surface area contributed by atoms with Crippen molar-refractivity contribution in [1.29, 1.82) is 0 Å². The first-order chi connectivity index (χ1) is 13.0. The molecule has 1 aromatic carbocycles.